The van der Waals surface area contributed by atoms with E-state index in [1.165, 1.54) is 17.0 Å². The Bertz CT molecular complexity index is 1200. The molecule has 2 aromatic heterocycles. The zero-order valence-electron chi connectivity index (χ0n) is 17.0. The molecular formula is C20H18F3N5O3S. The smallest absolute Gasteiger partial charge is 0.406 e. The Labute approximate surface area is 184 Å². The number of nitrogen functional groups attached to an aromatic ring is 1. The van der Waals surface area contributed by atoms with E-state index in [9.17, 15) is 22.8 Å². The highest BCUT2D eigenvalue weighted by Crippen LogP contribution is 2.35. The van der Waals surface area contributed by atoms with Crippen LogP contribution in [0.15, 0.2) is 24.3 Å². The predicted molar refractivity (Wildman–Crippen MR) is 112 cm³/mol. The summed E-state index contributed by atoms with van der Waals surface area (Å²) in [4.78, 5) is 27.6. The third kappa shape index (κ3) is 4.17. The second-order valence-corrected chi connectivity index (χ2v) is 8.39. The van der Waals surface area contributed by atoms with Gasteiger partial charge in [0.25, 0.3) is 11.8 Å². The number of nitrogens with one attached hydrogen (secondary N) is 1. The van der Waals surface area contributed by atoms with Crippen molar-refractivity contribution in [1.29, 1.82) is 0 Å². The molecule has 0 unspecified atom stereocenters. The molecule has 0 atom stereocenters. The van der Waals surface area contributed by atoms with Crippen molar-refractivity contribution < 1.29 is 27.5 Å². The van der Waals surface area contributed by atoms with E-state index in [0.717, 1.165) is 40.1 Å². The molecule has 1 aliphatic heterocycles. The van der Waals surface area contributed by atoms with Crippen molar-refractivity contribution in [2.75, 3.05) is 18.8 Å². The summed E-state index contributed by atoms with van der Waals surface area (Å²) in [5, 5.41) is 11.7. The fourth-order valence-corrected chi connectivity index (χ4v) is 4.38. The average Bonchev–Trinajstić information content (AvgIpc) is 3.03. The lowest BCUT2D eigenvalue weighted by Gasteiger charge is -2.39. The van der Waals surface area contributed by atoms with E-state index in [2.05, 4.69) is 20.3 Å². The lowest BCUT2D eigenvalue weighted by Crippen LogP contribution is -2.60. The van der Waals surface area contributed by atoms with Crippen LogP contribution in [-0.4, -0.2) is 52.4 Å². The van der Waals surface area contributed by atoms with Crippen LogP contribution in [0.25, 0.3) is 10.2 Å². The minimum absolute atomic E-state index is 0.225. The molecule has 0 spiro atoms. The molecule has 8 nitrogen and oxygen atoms in total. The van der Waals surface area contributed by atoms with Gasteiger partial charge in [-0.25, -0.2) is 0 Å². The van der Waals surface area contributed by atoms with Crippen molar-refractivity contribution in [2.45, 2.75) is 26.3 Å². The number of nitrogens with zero attached hydrogens (tertiary/aromatic N) is 3. The number of aryl methyl sites for hydroxylation is 2. The van der Waals surface area contributed by atoms with Crippen molar-refractivity contribution >= 4 is 39.1 Å². The first kappa shape index (κ1) is 21.8. The second kappa shape index (κ2) is 7.93. The predicted octanol–water partition coefficient (Wildman–Crippen LogP) is 3.04. The topological polar surface area (TPSA) is 110 Å². The maximum atomic E-state index is 12.7. The lowest BCUT2D eigenvalue weighted by atomic mass is 10.1. The normalized spacial score (nSPS) is 14.3. The zero-order valence-corrected chi connectivity index (χ0v) is 17.8. The van der Waals surface area contributed by atoms with Crippen LogP contribution < -0.4 is 15.8 Å². The number of aromatic nitrogens is 2. The van der Waals surface area contributed by atoms with Crippen molar-refractivity contribution in [3.8, 4) is 5.75 Å². The lowest BCUT2D eigenvalue weighted by molar-refractivity contribution is -0.274. The molecule has 3 N–H and O–H groups in total. The molecular weight excluding hydrogens is 447 g/mol. The van der Waals surface area contributed by atoms with Crippen LogP contribution in [0.4, 0.5) is 18.9 Å². The summed E-state index contributed by atoms with van der Waals surface area (Å²) >= 11 is 1.16. The molecule has 0 aliphatic carbocycles. The Balaban J connectivity index is 1.36. The van der Waals surface area contributed by atoms with Crippen LogP contribution >= 0.6 is 11.3 Å². The number of halogens is 3. The third-order valence-corrected chi connectivity index (χ3v) is 6.27. The van der Waals surface area contributed by atoms with Crippen LogP contribution in [0, 0.1) is 13.8 Å². The molecule has 168 valence electrons. The minimum atomic E-state index is -4.80. The van der Waals surface area contributed by atoms with Gasteiger partial charge < -0.3 is 20.7 Å². The van der Waals surface area contributed by atoms with Gasteiger partial charge in [-0.2, -0.15) is 5.10 Å². The van der Waals surface area contributed by atoms with Gasteiger partial charge in [-0.05, 0) is 43.7 Å². The maximum Gasteiger partial charge on any atom is 0.573 e. The monoisotopic (exact) mass is 465 g/mol. The van der Waals surface area contributed by atoms with Crippen LogP contribution in [-0.2, 0) is 0 Å². The molecule has 1 aromatic carbocycles. The van der Waals surface area contributed by atoms with Crippen molar-refractivity contribution in [1.82, 2.24) is 20.4 Å². The van der Waals surface area contributed by atoms with Gasteiger partial charge in [-0.3, -0.25) is 9.59 Å². The molecule has 12 heteroatoms. The summed E-state index contributed by atoms with van der Waals surface area (Å²) < 4.78 is 40.5. The Hall–Kier alpha value is -3.41. The number of amides is 2. The number of thiophene rings is 1. The van der Waals surface area contributed by atoms with Crippen LogP contribution in [0.5, 0.6) is 5.75 Å². The number of rotatable bonds is 4. The number of carbonyl (C=O) groups excluding carboxylic acids is 2. The number of hydrogen-bond acceptors (Lipinski definition) is 7. The Morgan fingerprint density at radius 2 is 1.84 bits per heavy atom. The molecule has 0 bridgehead atoms. The van der Waals surface area contributed by atoms with Gasteiger partial charge in [0.1, 0.15) is 15.5 Å². The molecule has 1 saturated heterocycles. The summed E-state index contributed by atoms with van der Waals surface area (Å²) in [5.74, 6) is -1.11. The number of alkyl halides is 3. The van der Waals surface area contributed by atoms with E-state index in [4.69, 9.17) is 5.73 Å². The molecule has 1 fully saturated rings. The van der Waals surface area contributed by atoms with E-state index in [1.54, 1.807) is 0 Å². The van der Waals surface area contributed by atoms with Gasteiger partial charge in [0, 0.05) is 24.0 Å². The molecule has 3 heterocycles. The summed E-state index contributed by atoms with van der Waals surface area (Å²) in [7, 11) is 0. The van der Waals surface area contributed by atoms with Crippen molar-refractivity contribution in [3.63, 3.8) is 0 Å². The van der Waals surface area contributed by atoms with E-state index < -0.39 is 12.1 Å². The van der Waals surface area contributed by atoms with E-state index in [0.29, 0.717) is 15.4 Å². The second-order valence-electron chi connectivity index (χ2n) is 7.39. The third-order valence-electron chi connectivity index (χ3n) is 5.18. The molecule has 0 radical (unpaired) electrons. The molecule has 1 aliphatic rings. The fraction of sp³-hybridized carbons (Fsp3) is 0.300. The highest BCUT2D eigenvalue weighted by Gasteiger charge is 2.34. The summed E-state index contributed by atoms with van der Waals surface area (Å²) in [6.07, 6.45) is -4.80. The molecule has 4 rings (SSSR count). The number of nitrogens with two attached hydrogens (primary N) is 1. The van der Waals surface area contributed by atoms with E-state index >= 15 is 0 Å². The van der Waals surface area contributed by atoms with Crippen molar-refractivity contribution in [3.05, 3.63) is 46.0 Å². The number of hydrogen-bond donors (Lipinski definition) is 2. The highest BCUT2D eigenvalue weighted by atomic mass is 32.1. The average molecular weight is 465 g/mol. The maximum absolute atomic E-state index is 12.7. The van der Waals surface area contributed by atoms with Gasteiger partial charge >= 0.3 is 6.36 Å². The molecule has 3 aromatic rings. The molecule has 32 heavy (non-hydrogen) atoms. The first-order valence-electron chi connectivity index (χ1n) is 9.51. The summed E-state index contributed by atoms with van der Waals surface area (Å²) in [5.41, 5.74) is 8.37. The van der Waals surface area contributed by atoms with Crippen molar-refractivity contribution in [2.24, 2.45) is 0 Å². The number of anilines is 1. The Morgan fingerprint density at radius 1 is 1.19 bits per heavy atom. The van der Waals surface area contributed by atoms with Crippen LogP contribution in [0.1, 0.15) is 31.3 Å². The quantitative estimate of drug-likeness (QED) is 0.613. The number of benzene rings is 1. The van der Waals surface area contributed by atoms with Gasteiger partial charge in [-0.15, -0.1) is 29.6 Å². The first-order valence-corrected chi connectivity index (χ1v) is 10.3. The van der Waals surface area contributed by atoms with Crippen LogP contribution in [0.3, 0.4) is 0 Å². The minimum Gasteiger partial charge on any atom is -0.406 e. The number of ether oxygens (including phenoxy) is 1. The Morgan fingerprint density at radius 3 is 2.47 bits per heavy atom. The highest BCUT2D eigenvalue weighted by molar-refractivity contribution is 7.21. The standard InChI is InChI=1S/C20H18F3N5O3S/c1-9-10(2)26-27-18-14(9)15(24)16(32-18)17(29)25-12-7-28(8-12)19(30)11-3-5-13(6-4-11)31-20(21,22)23/h3-6,12H,7-8,24H2,1-2H3,(H,25,29). The van der Waals surface area contributed by atoms with Gasteiger partial charge in [0.2, 0.25) is 0 Å². The first-order chi connectivity index (χ1) is 15.0. The van der Waals surface area contributed by atoms with Crippen LogP contribution in [0.2, 0.25) is 0 Å². The summed E-state index contributed by atoms with van der Waals surface area (Å²) in [6, 6.07) is 4.42. The SMILES string of the molecule is Cc1nnc2sc(C(=O)NC3CN(C(=O)c4ccc(OC(F)(F)F)cc4)C3)c(N)c2c1C. The van der Waals surface area contributed by atoms with Gasteiger partial charge in [0.15, 0.2) is 0 Å². The number of fused-ring (bicyclic) bond motifs is 1. The zero-order chi connectivity index (χ0) is 23.2. The van der Waals surface area contributed by atoms with Gasteiger partial charge in [-0.1, -0.05) is 0 Å². The number of carbonyl (C=O) groups is 2. The fourth-order valence-electron chi connectivity index (χ4n) is 3.38. The van der Waals surface area contributed by atoms with E-state index in [-0.39, 0.29) is 36.5 Å². The number of likely N-dealkylation sites (tertiary alicyclic amines) is 1. The van der Waals surface area contributed by atoms with Gasteiger partial charge in [0.05, 0.1) is 17.4 Å². The largest absolute Gasteiger partial charge is 0.573 e. The summed E-state index contributed by atoms with van der Waals surface area (Å²) in [6.45, 7) is 4.23. The molecule has 2 amide bonds. The van der Waals surface area contributed by atoms with E-state index in [1.807, 2.05) is 13.8 Å². The molecule has 0 saturated carbocycles. The Kier molecular flexibility index (Phi) is 5.41.